The maximum atomic E-state index is 12.2. The molecule has 1 unspecified atom stereocenters. The Hall–Kier alpha value is -0.920. The van der Waals surface area contributed by atoms with Crippen molar-refractivity contribution < 1.29 is 8.42 Å². The Morgan fingerprint density at radius 3 is 2.90 bits per heavy atom. The van der Waals surface area contributed by atoms with Gasteiger partial charge in [0.15, 0.2) is 0 Å². The molecule has 1 saturated carbocycles. The van der Waals surface area contributed by atoms with Gasteiger partial charge >= 0.3 is 0 Å². The number of rotatable bonds is 9. The molecule has 6 nitrogen and oxygen atoms in total. The van der Waals surface area contributed by atoms with Crippen molar-refractivity contribution >= 4 is 10.0 Å². The smallest absolute Gasteiger partial charge is 0.243 e. The van der Waals surface area contributed by atoms with Gasteiger partial charge in [0.2, 0.25) is 10.0 Å². The number of nitrogens with zero attached hydrogens (tertiary/aromatic N) is 2. The maximum Gasteiger partial charge on any atom is 0.243 e. The minimum absolute atomic E-state index is 0.0138. The summed E-state index contributed by atoms with van der Waals surface area (Å²) in [4.78, 5) is 0.254. The van der Waals surface area contributed by atoms with Crippen molar-refractivity contribution in [3.05, 3.63) is 12.4 Å². The van der Waals surface area contributed by atoms with Crippen LogP contribution in [0.25, 0.3) is 0 Å². The first kappa shape index (κ1) is 15.5. The lowest BCUT2D eigenvalue weighted by molar-refractivity contribution is 0.529. The van der Waals surface area contributed by atoms with Gasteiger partial charge in [-0.3, -0.25) is 4.68 Å². The first-order valence-electron chi connectivity index (χ1n) is 7.20. The summed E-state index contributed by atoms with van der Waals surface area (Å²) in [5.74, 6) is 0.706. The fourth-order valence-corrected chi connectivity index (χ4v) is 3.47. The van der Waals surface area contributed by atoms with Crippen molar-refractivity contribution in [1.82, 2.24) is 19.8 Å². The average Bonchev–Trinajstić information content (AvgIpc) is 3.04. The van der Waals surface area contributed by atoms with E-state index in [0.717, 1.165) is 19.4 Å². The fourth-order valence-electron chi connectivity index (χ4n) is 2.26. The summed E-state index contributed by atoms with van der Waals surface area (Å²) >= 11 is 0. The van der Waals surface area contributed by atoms with E-state index in [1.165, 1.54) is 19.0 Å². The van der Waals surface area contributed by atoms with Crippen molar-refractivity contribution in [3.63, 3.8) is 0 Å². The third kappa shape index (κ3) is 4.57. The van der Waals surface area contributed by atoms with E-state index >= 15 is 0 Å². The van der Waals surface area contributed by atoms with Crippen LogP contribution in [-0.2, 0) is 16.6 Å². The molecule has 0 aliphatic heterocycles. The molecule has 1 fully saturated rings. The number of sulfonamides is 1. The van der Waals surface area contributed by atoms with Gasteiger partial charge in [-0.25, -0.2) is 13.1 Å². The Morgan fingerprint density at radius 1 is 1.50 bits per heavy atom. The largest absolute Gasteiger partial charge is 0.320 e. The highest BCUT2D eigenvalue weighted by Crippen LogP contribution is 2.33. The molecule has 0 amide bonds. The molecular weight excluding hydrogens is 276 g/mol. The first-order chi connectivity index (χ1) is 9.51. The van der Waals surface area contributed by atoms with Crippen LogP contribution < -0.4 is 10.0 Å². The van der Waals surface area contributed by atoms with Gasteiger partial charge in [0.05, 0.1) is 6.20 Å². The summed E-state index contributed by atoms with van der Waals surface area (Å²) in [6.07, 6.45) is 7.33. The van der Waals surface area contributed by atoms with E-state index in [0.29, 0.717) is 12.5 Å². The van der Waals surface area contributed by atoms with Gasteiger partial charge in [0.25, 0.3) is 0 Å². The van der Waals surface area contributed by atoms with Crippen LogP contribution in [0.2, 0.25) is 0 Å². The van der Waals surface area contributed by atoms with Crippen LogP contribution in [0.3, 0.4) is 0 Å². The molecule has 1 heterocycles. The summed E-state index contributed by atoms with van der Waals surface area (Å²) < 4.78 is 28.8. The van der Waals surface area contributed by atoms with Crippen molar-refractivity contribution in [1.29, 1.82) is 0 Å². The summed E-state index contributed by atoms with van der Waals surface area (Å²) in [6, 6.07) is -0.0138. The minimum atomic E-state index is -3.44. The standard InChI is InChI=1S/C13H24N4O2S/c1-11(8-12-4-5-12)16-20(18,19)13-9-15-17(10-13)7-3-6-14-2/h9-12,14,16H,3-8H2,1-2H3. The highest BCUT2D eigenvalue weighted by Gasteiger charge is 2.26. The summed E-state index contributed by atoms with van der Waals surface area (Å²) in [5.41, 5.74) is 0. The molecule has 0 spiro atoms. The molecule has 0 bridgehead atoms. The van der Waals surface area contributed by atoms with Crippen molar-refractivity contribution in [2.75, 3.05) is 13.6 Å². The van der Waals surface area contributed by atoms with Crippen LogP contribution in [0.1, 0.15) is 32.6 Å². The Bertz CT molecular complexity index is 522. The van der Waals surface area contributed by atoms with E-state index in [1.807, 2.05) is 14.0 Å². The highest BCUT2D eigenvalue weighted by molar-refractivity contribution is 7.89. The molecule has 1 atom stereocenters. The molecular formula is C13H24N4O2S. The van der Waals surface area contributed by atoms with Crippen molar-refractivity contribution in [3.8, 4) is 0 Å². The molecule has 1 aromatic rings. The Labute approximate surface area is 121 Å². The number of nitrogens with one attached hydrogen (secondary N) is 2. The zero-order valence-electron chi connectivity index (χ0n) is 12.2. The fraction of sp³-hybridized carbons (Fsp3) is 0.769. The second-order valence-electron chi connectivity index (χ2n) is 5.60. The monoisotopic (exact) mass is 300 g/mol. The molecule has 0 saturated heterocycles. The normalized spacial score (nSPS) is 17.3. The molecule has 2 rings (SSSR count). The van der Waals surface area contributed by atoms with Gasteiger partial charge in [-0.1, -0.05) is 12.8 Å². The first-order valence-corrected chi connectivity index (χ1v) is 8.69. The minimum Gasteiger partial charge on any atom is -0.320 e. The molecule has 1 aliphatic rings. The van der Waals surface area contributed by atoms with Crippen LogP contribution in [-0.4, -0.2) is 37.8 Å². The molecule has 1 aromatic heterocycles. The third-order valence-electron chi connectivity index (χ3n) is 3.47. The zero-order valence-corrected chi connectivity index (χ0v) is 13.0. The third-order valence-corrected chi connectivity index (χ3v) is 5.02. The number of aromatic nitrogens is 2. The SMILES string of the molecule is CNCCCn1cc(S(=O)(=O)NC(C)CC2CC2)cn1. The van der Waals surface area contributed by atoms with E-state index in [-0.39, 0.29) is 10.9 Å². The second kappa shape index (κ2) is 6.69. The number of aryl methyl sites for hydroxylation is 1. The molecule has 0 radical (unpaired) electrons. The Morgan fingerprint density at radius 2 is 2.25 bits per heavy atom. The second-order valence-corrected chi connectivity index (χ2v) is 7.31. The van der Waals surface area contributed by atoms with E-state index < -0.39 is 10.0 Å². The average molecular weight is 300 g/mol. The van der Waals surface area contributed by atoms with Gasteiger partial charge in [-0.05, 0) is 39.3 Å². The highest BCUT2D eigenvalue weighted by atomic mass is 32.2. The lowest BCUT2D eigenvalue weighted by atomic mass is 10.2. The quantitative estimate of drug-likeness (QED) is 0.666. The predicted molar refractivity (Wildman–Crippen MR) is 77.9 cm³/mol. The summed E-state index contributed by atoms with van der Waals surface area (Å²) in [5, 5.41) is 7.16. The number of hydrogen-bond acceptors (Lipinski definition) is 4. The summed E-state index contributed by atoms with van der Waals surface area (Å²) in [6.45, 7) is 3.53. The molecule has 2 N–H and O–H groups in total. The van der Waals surface area contributed by atoms with E-state index in [4.69, 9.17) is 0 Å². The van der Waals surface area contributed by atoms with Crippen LogP contribution in [0.5, 0.6) is 0 Å². The Balaban J connectivity index is 1.90. The number of hydrogen-bond donors (Lipinski definition) is 2. The van der Waals surface area contributed by atoms with Crippen LogP contribution in [0.4, 0.5) is 0 Å². The van der Waals surface area contributed by atoms with E-state index in [2.05, 4.69) is 15.1 Å². The van der Waals surface area contributed by atoms with E-state index in [1.54, 1.807) is 10.9 Å². The van der Waals surface area contributed by atoms with Gasteiger partial charge in [0, 0.05) is 18.8 Å². The zero-order chi connectivity index (χ0) is 14.6. The molecule has 114 valence electrons. The topological polar surface area (TPSA) is 76.0 Å². The lowest BCUT2D eigenvalue weighted by Crippen LogP contribution is -2.32. The van der Waals surface area contributed by atoms with Crippen LogP contribution >= 0.6 is 0 Å². The molecule has 0 aromatic carbocycles. The van der Waals surface area contributed by atoms with Crippen LogP contribution in [0.15, 0.2) is 17.3 Å². The maximum absolute atomic E-state index is 12.2. The van der Waals surface area contributed by atoms with Crippen molar-refractivity contribution in [2.45, 2.75) is 50.1 Å². The molecule has 20 heavy (non-hydrogen) atoms. The van der Waals surface area contributed by atoms with Gasteiger partial charge < -0.3 is 5.32 Å². The van der Waals surface area contributed by atoms with Gasteiger partial charge in [-0.2, -0.15) is 5.10 Å². The van der Waals surface area contributed by atoms with Crippen LogP contribution in [0, 0.1) is 5.92 Å². The predicted octanol–water partition coefficient (Wildman–Crippen LogP) is 0.960. The van der Waals surface area contributed by atoms with Gasteiger partial charge in [-0.15, -0.1) is 0 Å². The molecule has 7 heteroatoms. The lowest BCUT2D eigenvalue weighted by Gasteiger charge is -2.12. The van der Waals surface area contributed by atoms with E-state index in [9.17, 15) is 8.42 Å². The summed E-state index contributed by atoms with van der Waals surface area (Å²) in [7, 11) is -1.54. The van der Waals surface area contributed by atoms with Gasteiger partial charge in [0.1, 0.15) is 4.90 Å². The Kier molecular flexibility index (Phi) is 5.17. The van der Waals surface area contributed by atoms with Crippen molar-refractivity contribution in [2.24, 2.45) is 5.92 Å². The molecule has 1 aliphatic carbocycles.